The Morgan fingerprint density at radius 3 is 2.62 bits per heavy atom. The second-order valence-corrected chi connectivity index (χ2v) is 8.11. The first-order valence-electron chi connectivity index (χ1n) is 8.52. The van der Waals surface area contributed by atoms with E-state index in [1.807, 2.05) is 0 Å². The van der Waals surface area contributed by atoms with E-state index in [9.17, 15) is 17.6 Å². The van der Waals surface area contributed by atoms with Gasteiger partial charge in [0.15, 0.2) is 0 Å². The third-order valence-corrected chi connectivity index (χ3v) is 5.94. The van der Waals surface area contributed by atoms with Gasteiger partial charge in [-0.2, -0.15) is 0 Å². The highest BCUT2D eigenvalue weighted by molar-refractivity contribution is 7.89. The number of anilines is 1. The van der Waals surface area contributed by atoms with Gasteiger partial charge in [0.2, 0.25) is 15.9 Å². The number of hydrogen-bond acceptors (Lipinski definition) is 3. The zero-order valence-electron chi connectivity index (χ0n) is 14.5. The number of nitrogens with one attached hydrogen (secondary N) is 1. The van der Waals surface area contributed by atoms with Crippen molar-refractivity contribution in [2.75, 3.05) is 18.0 Å². The van der Waals surface area contributed by atoms with Gasteiger partial charge in [-0.1, -0.05) is 12.1 Å². The largest absolute Gasteiger partial charge is 0.312 e. The predicted molar refractivity (Wildman–Crippen MR) is 98.1 cm³/mol. The molecular weight excluding hydrogens is 355 g/mol. The van der Waals surface area contributed by atoms with Gasteiger partial charge in [-0.25, -0.2) is 17.5 Å². The van der Waals surface area contributed by atoms with Gasteiger partial charge in [0.25, 0.3) is 0 Å². The zero-order valence-corrected chi connectivity index (χ0v) is 15.4. The molecule has 2 aromatic rings. The van der Waals surface area contributed by atoms with Crippen molar-refractivity contribution >= 4 is 21.6 Å². The highest BCUT2D eigenvalue weighted by Crippen LogP contribution is 2.29. The van der Waals surface area contributed by atoms with Crippen LogP contribution in [-0.4, -0.2) is 27.4 Å². The smallest absolute Gasteiger partial charge is 0.240 e. The molecule has 3 rings (SSSR count). The zero-order chi connectivity index (χ0) is 18.7. The molecule has 26 heavy (non-hydrogen) atoms. The lowest BCUT2D eigenvalue weighted by molar-refractivity contribution is -0.116. The summed E-state index contributed by atoms with van der Waals surface area (Å²) in [6.07, 6.45) is 2.04. The number of rotatable bonds is 5. The Morgan fingerprint density at radius 2 is 1.92 bits per heavy atom. The maximum Gasteiger partial charge on any atom is 0.240 e. The molecule has 1 amide bonds. The summed E-state index contributed by atoms with van der Waals surface area (Å²) in [6.45, 7) is 2.39. The van der Waals surface area contributed by atoms with Crippen molar-refractivity contribution < 1.29 is 17.6 Å². The molecule has 7 heteroatoms. The Labute approximate surface area is 152 Å². The molecule has 0 fully saturated rings. The summed E-state index contributed by atoms with van der Waals surface area (Å²) in [6, 6.07) is 10.9. The molecule has 0 aliphatic carbocycles. The van der Waals surface area contributed by atoms with Crippen LogP contribution in [-0.2, 0) is 27.7 Å². The van der Waals surface area contributed by atoms with Crippen LogP contribution in [0.15, 0.2) is 47.4 Å². The van der Waals surface area contributed by atoms with Crippen molar-refractivity contribution in [3.05, 3.63) is 59.4 Å². The summed E-state index contributed by atoms with van der Waals surface area (Å²) in [5.74, 6) is -0.359. The van der Waals surface area contributed by atoms with E-state index in [1.165, 1.54) is 25.1 Å². The first kappa shape index (κ1) is 18.5. The van der Waals surface area contributed by atoms with E-state index >= 15 is 0 Å². The van der Waals surface area contributed by atoms with Gasteiger partial charge in [-0.3, -0.25) is 4.79 Å². The summed E-state index contributed by atoms with van der Waals surface area (Å²) < 4.78 is 40.5. The number of carbonyl (C=O) groups is 1. The maximum absolute atomic E-state index is 12.9. The molecule has 1 aliphatic rings. The highest BCUT2D eigenvalue weighted by Gasteiger charge is 2.22. The van der Waals surface area contributed by atoms with Crippen LogP contribution in [0.1, 0.15) is 24.5 Å². The Kier molecular flexibility index (Phi) is 5.38. The van der Waals surface area contributed by atoms with Gasteiger partial charge in [0.1, 0.15) is 5.82 Å². The van der Waals surface area contributed by atoms with Crippen LogP contribution in [0.5, 0.6) is 0 Å². The summed E-state index contributed by atoms with van der Waals surface area (Å²) >= 11 is 0. The topological polar surface area (TPSA) is 66.5 Å². The van der Waals surface area contributed by atoms with Crippen molar-refractivity contribution in [2.45, 2.75) is 31.1 Å². The normalized spacial score (nSPS) is 14.2. The third kappa shape index (κ3) is 4.11. The van der Waals surface area contributed by atoms with Crippen molar-refractivity contribution in [3.63, 3.8) is 0 Å². The number of aryl methyl sites for hydroxylation is 1. The van der Waals surface area contributed by atoms with Crippen LogP contribution in [0.4, 0.5) is 10.1 Å². The number of amides is 1. The van der Waals surface area contributed by atoms with Crippen molar-refractivity contribution in [3.8, 4) is 0 Å². The van der Waals surface area contributed by atoms with Crippen LogP contribution in [0.25, 0.3) is 0 Å². The van der Waals surface area contributed by atoms with Gasteiger partial charge in [-0.15, -0.1) is 0 Å². The fraction of sp³-hybridized carbons (Fsp3) is 0.316. The second kappa shape index (κ2) is 7.55. The number of hydrogen-bond donors (Lipinski definition) is 1. The van der Waals surface area contributed by atoms with E-state index in [0.717, 1.165) is 29.7 Å². The van der Waals surface area contributed by atoms with E-state index in [0.29, 0.717) is 13.0 Å². The van der Waals surface area contributed by atoms with Gasteiger partial charge < -0.3 is 4.90 Å². The van der Waals surface area contributed by atoms with E-state index < -0.39 is 10.0 Å². The lowest BCUT2D eigenvalue weighted by atomic mass is 10.0. The minimum atomic E-state index is -3.64. The molecule has 0 unspecified atom stereocenters. The molecule has 0 saturated heterocycles. The lowest BCUT2D eigenvalue weighted by Gasteiger charge is -2.28. The number of sulfonamides is 1. The Balaban J connectivity index is 1.71. The van der Waals surface area contributed by atoms with Crippen molar-refractivity contribution in [1.29, 1.82) is 0 Å². The molecule has 0 spiro atoms. The SMILES string of the molecule is CC(=O)N1CCCc2cc(S(=O)(=O)NCCc3ccc(F)cc3)ccc21. The molecule has 0 bridgehead atoms. The molecular formula is C19H21FN2O3S. The second-order valence-electron chi connectivity index (χ2n) is 6.34. The summed E-state index contributed by atoms with van der Waals surface area (Å²) in [4.78, 5) is 13.6. The lowest BCUT2D eigenvalue weighted by Crippen LogP contribution is -2.33. The molecule has 0 saturated carbocycles. The predicted octanol–water partition coefficient (Wildman–Crippen LogP) is 2.65. The fourth-order valence-electron chi connectivity index (χ4n) is 3.13. The van der Waals surface area contributed by atoms with Gasteiger partial charge >= 0.3 is 0 Å². The van der Waals surface area contributed by atoms with Gasteiger partial charge in [-0.05, 0) is 60.7 Å². The summed E-state index contributed by atoms with van der Waals surface area (Å²) in [5.41, 5.74) is 2.51. The average Bonchev–Trinajstić information content (AvgIpc) is 2.62. The molecule has 1 N–H and O–H groups in total. The summed E-state index contributed by atoms with van der Waals surface area (Å²) in [5, 5.41) is 0. The molecule has 0 aromatic heterocycles. The number of fused-ring (bicyclic) bond motifs is 1. The fourth-order valence-corrected chi connectivity index (χ4v) is 4.21. The quantitative estimate of drug-likeness (QED) is 0.872. The van der Waals surface area contributed by atoms with E-state index in [4.69, 9.17) is 0 Å². The molecule has 1 aliphatic heterocycles. The van der Waals surface area contributed by atoms with E-state index in [2.05, 4.69) is 4.72 Å². The Hall–Kier alpha value is -2.25. The van der Waals surface area contributed by atoms with Crippen LogP contribution in [0.3, 0.4) is 0 Å². The van der Waals surface area contributed by atoms with E-state index in [-0.39, 0.29) is 23.2 Å². The standard InChI is InChI=1S/C19H21FN2O3S/c1-14(23)22-12-2-3-16-13-18(8-9-19(16)22)26(24,25)21-11-10-15-4-6-17(20)7-5-15/h4-9,13,21H,2-3,10-12H2,1H3. The maximum atomic E-state index is 12.9. The van der Waals surface area contributed by atoms with Crippen molar-refractivity contribution in [1.82, 2.24) is 4.72 Å². The number of carbonyl (C=O) groups excluding carboxylic acids is 1. The average molecular weight is 376 g/mol. The van der Waals surface area contributed by atoms with Crippen LogP contribution >= 0.6 is 0 Å². The van der Waals surface area contributed by atoms with Gasteiger partial charge in [0.05, 0.1) is 4.90 Å². The minimum Gasteiger partial charge on any atom is -0.312 e. The molecule has 138 valence electrons. The summed E-state index contributed by atoms with van der Waals surface area (Å²) in [7, 11) is -3.64. The first-order chi connectivity index (χ1) is 12.4. The molecule has 1 heterocycles. The molecule has 0 radical (unpaired) electrons. The first-order valence-corrected chi connectivity index (χ1v) is 10.0. The van der Waals surface area contributed by atoms with E-state index in [1.54, 1.807) is 29.2 Å². The number of halogens is 1. The number of nitrogens with zero attached hydrogens (tertiary/aromatic N) is 1. The van der Waals surface area contributed by atoms with Crippen molar-refractivity contribution in [2.24, 2.45) is 0 Å². The molecule has 2 aromatic carbocycles. The monoisotopic (exact) mass is 376 g/mol. The third-order valence-electron chi connectivity index (χ3n) is 4.48. The van der Waals surface area contributed by atoms with Gasteiger partial charge in [0, 0.05) is 25.7 Å². The van der Waals surface area contributed by atoms with Crippen LogP contribution in [0, 0.1) is 5.82 Å². The molecule has 5 nitrogen and oxygen atoms in total. The Bertz CT molecular complexity index is 911. The minimum absolute atomic E-state index is 0.0426. The number of benzene rings is 2. The van der Waals surface area contributed by atoms with Crippen LogP contribution < -0.4 is 9.62 Å². The van der Waals surface area contributed by atoms with Crippen LogP contribution in [0.2, 0.25) is 0 Å². The molecule has 0 atom stereocenters. The highest BCUT2D eigenvalue weighted by atomic mass is 32.2. The Morgan fingerprint density at radius 1 is 1.19 bits per heavy atom.